The second kappa shape index (κ2) is 2.21. The highest BCUT2D eigenvalue weighted by Crippen LogP contribution is 2.51. The zero-order valence-corrected chi connectivity index (χ0v) is 7.25. The second-order valence-electron chi connectivity index (χ2n) is 4.45. The maximum Gasteiger partial charge on any atom is 0.136 e. The van der Waals surface area contributed by atoms with Crippen molar-refractivity contribution in [2.75, 3.05) is 0 Å². The zero-order chi connectivity index (χ0) is 8.13. The molecule has 64 valence electrons. The van der Waals surface area contributed by atoms with Crippen molar-refractivity contribution in [3.8, 4) is 0 Å². The molecule has 3 rings (SSSR count). The number of Topliss-reactive ketones (excluding diaryl/α,β-unsaturated/α-hetero) is 1. The lowest BCUT2D eigenvalue weighted by Gasteiger charge is -2.29. The molecule has 0 aromatic carbocycles. The van der Waals surface area contributed by atoms with Crippen LogP contribution in [0.4, 0.5) is 0 Å². The highest BCUT2D eigenvalue weighted by Gasteiger charge is 2.45. The number of hydrogen-bond acceptors (Lipinski definition) is 1. The molecule has 0 unspecified atom stereocenters. The summed E-state index contributed by atoms with van der Waals surface area (Å²) in [5.41, 5.74) is 1.62. The predicted octanol–water partition coefficient (Wildman–Crippen LogP) is 2.32. The summed E-state index contributed by atoms with van der Waals surface area (Å²) < 4.78 is 0. The molecule has 0 heterocycles. The third-order valence-electron chi connectivity index (χ3n) is 3.97. The summed E-state index contributed by atoms with van der Waals surface area (Å²) in [6.07, 6.45) is 8.09. The number of hydrogen-bond donors (Lipinski definition) is 0. The monoisotopic (exact) mass is 162 g/mol. The van der Waals surface area contributed by atoms with Crippen LogP contribution in [0.5, 0.6) is 0 Å². The van der Waals surface area contributed by atoms with Gasteiger partial charge in [0.2, 0.25) is 0 Å². The van der Waals surface area contributed by atoms with Crippen molar-refractivity contribution in [2.24, 2.45) is 17.8 Å². The van der Waals surface area contributed by atoms with Gasteiger partial charge in [-0.3, -0.25) is 4.79 Å². The Morgan fingerprint density at radius 2 is 2.17 bits per heavy atom. The first-order valence-corrected chi connectivity index (χ1v) is 5.08. The van der Waals surface area contributed by atoms with Gasteiger partial charge in [-0.1, -0.05) is 11.6 Å². The van der Waals surface area contributed by atoms with Crippen molar-refractivity contribution < 1.29 is 4.79 Å². The van der Waals surface area contributed by atoms with E-state index < -0.39 is 0 Å². The van der Waals surface area contributed by atoms with E-state index >= 15 is 0 Å². The molecule has 0 aliphatic heterocycles. The summed E-state index contributed by atoms with van der Waals surface area (Å²) in [5, 5.41) is 0. The van der Waals surface area contributed by atoms with E-state index in [9.17, 15) is 4.79 Å². The maximum absolute atomic E-state index is 11.6. The van der Waals surface area contributed by atoms with Gasteiger partial charge in [0.05, 0.1) is 0 Å². The van der Waals surface area contributed by atoms with E-state index in [0.29, 0.717) is 17.6 Å². The SMILES string of the molecule is O=C1CC[C@H]2CC=C3CC[C@@H]1[C@H]32. The number of ketones is 1. The average molecular weight is 162 g/mol. The van der Waals surface area contributed by atoms with Gasteiger partial charge in [0.1, 0.15) is 5.78 Å². The molecule has 0 N–H and O–H groups in total. The number of carbonyl (C=O) groups is 1. The molecule has 0 saturated heterocycles. The Bertz CT molecular complexity index is 264. The lowest BCUT2D eigenvalue weighted by molar-refractivity contribution is -0.126. The molecule has 0 bridgehead atoms. The van der Waals surface area contributed by atoms with Crippen LogP contribution < -0.4 is 0 Å². The van der Waals surface area contributed by atoms with Gasteiger partial charge in [-0.05, 0) is 37.5 Å². The summed E-state index contributed by atoms with van der Waals surface area (Å²) in [4.78, 5) is 11.6. The van der Waals surface area contributed by atoms with Crippen LogP contribution >= 0.6 is 0 Å². The molecule has 12 heavy (non-hydrogen) atoms. The van der Waals surface area contributed by atoms with Gasteiger partial charge < -0.3 is 0 Å². The van der Waals surface area contributed by atoms with Gasteiger partial charge in [-0.15, -0.1) is 0 Å². The van der Waals surface area contributed by atoms with Crippen molar-refractivity contribution in [1.82, 2.24) is 0 Å². The first-order chi connectivity index (χ1) is 5.86. The van der Waals surface area contributed by atoms with Crippen molar-refractivity contribution >= 4 is 5.78 Å². The van der Waals surface area contributed by atoms with Crippen LogP contribution in [0.1, 0.15) is 32.1 Å². The molecule has 2 fully saturated rings. The fourth-order valence-electron chi connectivity index (χ4n) is 3.42. The smallest absolute Gasteiger partial charge is 0.136 e. The molecule has 3 aliphatic rings. The fourth-order valence-corrected chi connectivity index (χ4v) is 3.42. The Balaban J connectivity index is 1.99. The molecular formula is C11H14O. The van der Waals surface area contributed by atoms with Gasteiger partial charge in [0, 0.05) is 12.3 Å². The van der Waals surface area contributed by atoms with Crippen LogP contribution in [0.3, 0.4) is 0 Å². The van der Waals surface area contributed by atoms with Gasteiger partial charge in [-0.2, -0.15) is 0 Å². The van der Waals surface area contributed by atoms with Crippen LogP contribution in [-0.4, -0.2) is 5.78 Å². The summed E-state index contributed by atoms with van der Waals surface area (Å²) in [6.45, 7) is 0. The zero-order valence-electron chi connectivity index (χ0n) is 7.25. The standard InChI is InChI=1S/C11H14O/c12-10-6-4-8-2-1-7-3-5-9(10)11(7)8/h1,8-9,11H,2-6H2/t8-,9+,11-/m1/s1. The molecule has 0 radical (unpaired) electrons. The molecule has 0 amide bonds. The topological polar surface area (TPSA) is 17.1 Å². The van der Waals surface area contributed by atoms with Gasteiger partial charge in [-0.25, -0.2) is 0 Å². The first kappa shape index (κ1) is 6.88. The average Bonchev–Trinajstić information content (AvgIpc) is 2.61. The number of allylic oxidation sites excluding steroid dienone is 2. The molecule has 2 saturated carbocycles. The lowest BCUT2D eigenvalue weighted by atomic mass is 9.74. The van der Waals surface area contributed by atoms with Crippen molar-refractivity contribution in [2.45, 2.75) is 32.1 Å². The fraction of sp³-hybridized carbons (Fsp3) is 0.727. The minimum Gasteiger partial charge on any atom is -0.299 e. The first-order valence-electron chi connectivity index (χ1n) is 5.08. The molecule has 3 aliphatic carbocycles. The van der Waals surface area contributed by atoms with E-state index in [1.807, 2.05) is 0 Å². The third-order valence-corrected chi connectivity index (χ3v) is 3.97. The van der Waals surface area contributed by atoms with E-state index in [2.05, 4.69) is 6.08 Å². The summed E-state index contributed by atoms with van der Waals surface area (Å²) in [7, 11) is 0. The Morgan fingerprint density at radius 3 is 3.08 bits per heavy atom. The van der Waals surface area contributed by atoms with E-state index in [4.69, 9.17) is 0 Å². The Hall–Kier alpha value is -0.590. The van der Waals surface area contributed by atoms with Crippen LogP contribution in [0.2, 0.25) is 0 Å². The van der Waals surface area contributed by atoms with Crippen molar-refractivity contribution in [1.29, 1.82) is 0 Å². The minimum atomic E-state index is 0.442. The van der Waals surface area contributed by atoms with Crippen LogP contribution in [-0.2, 0) is 4.79 Å². The molecule has 1 nitrogen and oxygen atoms in total. The summed E-state index contributed by atoms with van der Waals surface area (Å²) >= 11 is 0. The maximum atomic E-state index is 11.6. The van der Waals surface area contributed by atoms with Crippen LogP contribution in [0.15, 0.2) is 11.6 Å². The van der Waals surface area contributed by atoms with E-state index in [-0.39, 0.29) is 0 Å². The molecule has 1 heteroatoms. The van der Waals surface area contributed by atoms with E-state index in [0.717, 1.165) is 18.8 Å². The Kier molecular flexibility index (Phi) is 1.27. The van der Waals surface area contributed by atoms with Crippen LogP contribution in [0.25, 0.3) is 0 Å². The predicted molar refractivity (Wildman–Crippen MR) is 46.6 cm³/mol. The second-order valence-corrected chi connectivity index (χ2v) is 4.45. The number of rotatable bonds is 0. The third kappa shape index (κ3) is 0.720. The number of carbonyl (C=O) groups excluding carboxylic acids is 1. The van der Waals surface area contributed by atoms with Crippen molar-refractivity contribution in [3.63, 3.8) is 0 Å². The molecule has 0 aromatic rings. The Morgan fingerprint density at radius 1 is 1.25 bits per heavy atom. The minimum absolute atomic E-state index is 0.442. The normalized spacial score (nSPS) is 44.5. The highest BCUT2D eigenvalue weighted by molar-refractivity contribution is 5.83. The molecule has 3 atom stereocenters. The van der Waals surface area contributed by atoms with E-state index in [1.165, 1.54) is 19.3 Å². The lowest BCUT2D eigenvalue weighted by Crippen LogP contribution is -2.29. The van der Waals surface area contributed by atoms with E-state index in [1.54, 1.807) is 5.57 Å². The quantitative estimate of drug-likeness (QED) is 0.499. The molecular weight excluding hydrogens is 148 g/mol. The van der Waals surface area contributed by atoms with Gasteiger partial charge in [0.15, 0.2) is 0 Å². The summed E-state index contributed by atoms with van der Waals surface area (Å²) in [5.74, 6) is 2.55. The molecule has 0 aromatic heterocycles. The summed E-state index contributed by atoms with van der Waals surface area (Å²) in [6, 6.07) is 0. The van der Waals surface area contributed by atoms with Crippen molar-refractivity contribution in [3.05, 3.63) is 11.6 Å². The molecule has 0 spiro atoms. The van der Waals surface area contributed by atoms with Gasteiger partial charge >= 0.3 is 0 Å². The Labute approximate surface area is 72.8 Å². The largest absolute Gasteiger partial charge is 0.299 e. The highest BCUT2D eigenvalue weighted by atomic mass is 16.1. The van der Waals surface area contributed by atoms with Crippen LogP contribution in [0, 0.1) is 17.8 Å². The van der Waals surface area contributed by atoms with Gasteiger partial charge in [0.25, 0.3) is 0 Å².